The van der Waals surface area contributed by atoms with Gasteiger partial charge in [0.1, 0.15) is 0 Å². The summed E-state index contributed by atoms with van der Waals surface area (Å²) in [5, 5.41) is 15.8. The molecule has 3 heteroatoms. The van der Waals surface area contributed by atoms with Gasteiger partial charge in [0.05, 0.1) is 6.10 Å². The molecule has 3 aromatic rings. The van der Waals surface area contributed by atoms with Gasteiger partial charge in [-0.25, -0.2) is 0 Å². The van der Waals surface area contributed by atoms with E-state index in [1.54, 1.807) is 0 Å². The lowest BCUT2D eigenvalue weighted by molar-refractivity contribution is 0.207. The maximum absolute atomic E-state index is 10.2. The monoisotopic (exact) mass is 334 g/mol. The zero-order chi connectivity index (χ0) is 13.4. The fourth-order valence-corrected chi connectivity index (χ4v) is 2.98. The third-order valence-corrected chi connectivity index (χ3v) is 4.21. The van der Waals surface area contributed by atoms with E-state index in [4.69, 9.17) is 11.6 Å². The number of aliphatic hydroxyl groups excluding tert-OH is 1. The van der Waals surface area contributed by atoms with E-state index in [2.05, 4.69) is 28.1 Å². The van der Waals surface area contributed by atoms with Crippen LogP contribution in [0.25, 0.3) is 21.5 Å². The zero-order valence-corrected chi connectivity index (χ0v) is 12.4. The molecule has 0 saturated carbocycles. The normalized spacial score (nSPS) is 13.0. The molecule has 0 aliphatic rings. The van der Waals surface area contributed by atoms with Crippen molar-refractivity contribution in [3.05, 3.63) is 59.1 Å². The highest BCUT2D eigenvalue weighted by Gasteiger charge is 2.13. The van der Waals surface area contributed by atoms with Crippen LogP contribution in [0.15, 0.2) is 48.5 Å². The van der Waals surface area contributed by atoms with Crippen molar-refractivity contribution < 1.29 is 5.11 Å². The Hall–Kier alpha value is -1.09. The number of rotatable bonds is 2. The summed E-state index contributed by atoms with van der Waals surface area (Å²) in [5.41, 5.74) is 0.910. The SMILES string of the molecule is O[C@@H](CBr)c1cc2ccccc2c2ccc(Cl)cc12. The lowest BCUT2D eigenvalue weighted by Crippen LogP contribution is -1.99. The lowest BCUT2D eigenvalue weighted by Gasteiger charge is -2.14. The molecule has 0 heterocycles. The third-order valence-electron chi connectivity index (χ3n) is 3.36. The van der Waals surface area contributed by atoms with Crippen LogP contribution >= 0.6 is 27.5 Å². The summed E-state index contributed by atoms with van der Waals surface area (Å²) in [6.45, 7) is 0. The summed E-state index contributed by atoms with van der Waals surface area (Å²) in [7, 11) is 0. The third kappa shape index (κ3) is 2.25. The van der Waals surface area contributed by atoms with E-state index in [0.29, 0.717) is 10.4 Å². The molecular formula is C16H12BrClO. The van der Waals surface area contributed by atoms with Crippen LogP contribution in [0.1, 0.15) is 11.7 Å². The molecule has 0 bridgehead atoms. The van der Waals surface area contributed by atoms with Crippen molar-refractivity contribution in [2.75, 3.05) is 5.33 Å². The standard InChI is InChI=1S/C16H12BrClO/c17-9-16(19)15-7-10-3-1-2-4-12(10)13-6-5-11(18)8-14(13)15/h1-8,16,19H,9H2/t16-/m0/s1. The summed E-state index contributed by atoms with van der Waals surface area (Å²) in [5.74, 6) is 0. The molecule has 1 atom stereocenters. The van der Waals surface area contributed by atoms with Crippen molar-refractivity contribution in [1.82, 2.24) is 0 Å². The summed E-state index contributed by atoms with van der Waals surface area (Å²) < 4.78 is 0. The second kappa shape index (κ2) is 5.12. The van der Waals surface area contributed by atoms with Crippen molar-refractivity contribution in [3.8, 4) is 0 Å². The summed E-state index contributed by atoms with van der Waals surface area (Å²) in [6.07, 6.45) is -0.537. The van der Waals surface area contributed by atoms with E-state index in [9.17, 15) is 5.11 Å². The Morgan fingerprint density at radius 1 is 1.00 bits per heavy atom. The molecule has 0 saturated heterocycles. The minimum absolute atomic E-state index is 0.507. The summed E-state index contributed by atoms with van der Waals surface area (Å²) in [6, 6.07) is 16.1. The van der Waals surface area contributed by atoms with E-state index in [0.717, 1.165) is 21.7 Å². The molecule has 0 unspecified atom stereocenters. The predicted octanol–water partition coefficient (Wildman–Crippen LogP) is 5.07. The summed E-state index contributed by atoms with van der Waals surface area (Å²) >= 11 is 9.43. The molecule has 3 rings (SSSR count). The van der Waals surface area contributed by atoms with Gasteiger partial charge in [-0.2, -0.15) is 0 Å². The molecule has 0 spiro atoms. The van der Waals surface area contributed by atoms with Gasteiger partial charge in [-0.05, 0) is 45.3 Å². The smallest absolute Gasteiger partial charge is 0.0893 e. The number of alkyl halides is 1. The molecule has 1 nitrogen and oxygen atoms in total. The van der Waals surface area contributed by atoms with Gasteiger partial charge in [-0.3, -0.25) is 0 Å². The Labute approximate surface area is 124 Å². The summed E-state index contributed by atoms with van der Waals surface area (Å²) in [4.78, 5) is 0. The minimum atomic E-state index is -0.537. The first-order valence-electron chi connectivity index (χ1n) is 6.05. The molecule has 0 amide bonds. The van der Waals surface area contributed by atoms with Crippen LogP contribution in [0.4, 0.5) is 0 Å². The van der Waals surface area contributed by atoms with Gasteiger partial charge in [-0.15, -0.1) is 0 Å². The Morgan fingerprint density at radius 2 is 1.79 bits per heavy atom. The highest BCUT2D eigenvalue weighted by molar-refractivity contribution is 9.09. The maximum Gasteiger partial charge on any atom is 0.0893 e. The zero-order valence-electron chi connectivity index (χ0n) is 10.1. The average molecular weight is 336 g/mol. The topological polar surface area (TPSA) is 20.2 Å². The molecule has 0 radical (unpaired) electrons. The Kier molecular flexibility index (Phi) is 3.48. The second-order valence-electron chi connectivity index (χ2n) is 4.55. The van der Waals surface area contributed by atoms with Crippen molar-refractivity contribution in [3.63, 3.8) is 0 Å². The molecule has 19 heavy (non-hydrogen) atoms. The van der Waals surface area contributed by atoms with Crippen molar-refractivity contribution >= 4 is 49.1 Å². The highest BCUT2D eigenvalue weighted by atomic mass is 79.9. The van der Waals surface area contributed by atoms with E-state index in [1.165, 1.54) is 5.39 Å². The van der Waals surface area contributed by atoms with Gasteiger partial charge in [0, 0.05) is 10.4 Å². The van der Waals surface area contributed by atoms with E-state index in [-0.39, 0.29) is 0 Å². The maximum atomic E-state index is 10.2. The lowest BCUT2D eigenvalue weighted by atomic mass is 9.95. The van der Waals surface area contributed by atoms with Crippen molar-refractivity contribution in [2.45, 2.75) is 6.10 Å². The molecule has 0 aromatic heterocycles. The Balaban J connectivity index is 2.47. The van der Waals surface area contributed by atoms with Crippen LogP contribution in [0, 0.1) is 0 Å². The van der Waals surface area contributed by atoms with Crippen LogP contribution < -0.4 is 0 Å². The first-order chi connectivity index (χ1) is 9.20. The van der Waals surface area contributed by atoms with Gasteiger partial charge in [0.2, 0.25) is 0 Å². The first kappa shape index (κ1) is 12.9. The number of hydrogen-bond acceptors (Lipinski definition) is 1. The van der Waals surface area contributed by atoms with Gasteiger partial charge in [0.15, 0.2) is 0 Å². The average Bonchev–Trinajstić information content (AvgIpc) is 2.45. The fourth-order valence-electron chi connectivity index (χ4n) is 2.46. The van der Waals surface area contributed by atoms with Gasteiger partial charge < -0.3 is 5.11 Å². The van der Waals surface area contributed by atoms with Gasteiger partial charge >= 0.3 is 0 Å². The number of halogens is 2. The number of benzene rings is 3. The number of hydrogen-bond donors (Lipinski definition) is 1. The Bertz CT molecular complexity index is 754. The van der Waals surface area contributed by atoms with Crippen LogP contribution in [-0.4, -0.2) is 10.4 Å². The van der Waals surface area contributed by atoms with Crippen LogP contribution in [0.2, 0.25) is 5.02 Å². The molecule has 0 fully saturated rings. The van der Waals surface area contributed by atoms with Gasteiger partial charge in [0.25, 0.3) is 0 Å². The van der Waals surface area contributed by atoms with Gasteiger partial charge in [-0.1, -0.05) is 57.9 Å². The van der Waals surface area contributed by atoms with E-state index < -0.39 is 6.10 Å². The first-order valence-corrected chi connectivity index (χ1v) is 7.55. The minimum Gasteiger partial charge on any atom is -0.388 e. The molecule has 96 valence electrons. The van der Waals surface area contributed by atoms with Crippen LogP contribution in [-0.2, 0) is 0 Å². The molecule has 0 aliphatic heterocycles. The van der Waals surface area contributed by atoms with Crippen LogP contribution in [0.5, 0.6) is 0 Å². The quantitative estimate of drug-likeness (QED) is 0.512. The molecular weight excluding hydrogens is 324 g/mol. The van der Waals surface area contributed by atoms with Crippen molar-refractivity contribution in [2.24, 2.45) is 0 Å². The molecule has 0 aliphatic carbocycles. The fraction of sp³-hybridized carbons (Fsp3) is 0.125. The number of fused-ring (bicyclic) bond motifs is 3. The van der Waals surface area contributed by atoms with E-state index in [1.807, 2.05) is 36.4 Å². The van der Waals surface area contributed by atoms with Crippen LogP contribution in [0.3, 0.4) is 0 Å². The van der Waals surface area contributed by atoms with E-state index >= 15 is 0 Å². The largest absolute Gasteiger partial charge is 0.388 e. The second-order valence-corrected chi connectivity index (χ2v) is 5.63. The highest BCUT2D eigenvalue weighted by Crippen LogP contribution is 2.34. The Morgan fingerprint density at radius 3 is 2.58 bits per heavy atom. The molecule has 1 N–H and O–H groups in total. The number of aliphatic hydroxyl groups is 1. The predicted molar refractivity (Wildman–Crippen MR) is 85.2 cm³/mol. The van der Waals surface area contributed by atoms with Crippen molar-refractivity contribution in [1.29, 1.82) is 0 Å². The molecule has 3 aromatic carbocycles.